The Morgan fingerprint density at radius 2 is 0.966 bits per heavy atom. The molecule has 1 unspecified atom stereocenters. The molecule has 1 spiro atoms. The lowest BCUT2D eigenvalue weighted by Crippen LogP contribution is -2.27. The maximum atomic E-state index is 6.13. The predicted octanol–water partition coefficient (Wildman–Crippen LogP) is 16.1. The third-order valence-corrected chi connectivity index (χ3v) is 15.9. The minimum absolute atomic E-state index is 0.0449. The van der Waals surface area contributed by atoms with Gasteiger partial charge in [0.05, 0.1) is 0 Å². The summed E-state index contributed by atoms with van der Waals surface area (Å²) in [6.07, 6.45) is 25.4. The minimum Gasteiger partial charge on any atom is -0.337 e. The highest BCUT2D eigenvalue weighted by Crippen LogP contribution is 2.63. The fourth-order valence-electron chi connectivity index (χ4n) is 12.7. The van der Waals surface area contributed by atoms with Crippen LogP contribution in [0.15, 0.2) is 84.9 Å². The molecule has 2 nitrogen and oxygen atoms in total. The third-order valence-electron chi connectivity index (χ3n) is 15.9. The van der Waals surface area contributed by atoms with Crippen LogP contribution >= 0.6 is 0 Å². The lowest BCUT2D eigenvalue weighted by molar-refractivity contribution is -0.217. The molecule has 4 aliphatic rings. The van der Waals surface area contributed by atoms with Gasteiger partial charge in [0, 0.05) is 5.41 Å². The van der Waals surface area contributed by atoms with Crippen molar-refractivity contribution in [3.05, 3.63) is 135 Å². The Hall–Kier alpha value is -3.36. The SMILES string of the molecule is CCCCCC1CCC(c2ccc(COOc3ccc4c(c3)C3(CC(C)(C)c5ccc(Cc6ccc(C7CCC(CCCCC)CC7)cc6)cc53)CC4(C)C)cc2)CC1. The normalized spacial score (nSPS) is 25.5. The topological polar surface area (TPSA) is 18.5 Å². The van der Waals surface area contributed by atoms with Crippen molar-refractivity contribution in [1.82, 2.24) is 0 Å². The average Bonchev–Trinajstić information content (AvgIpc) is 3.61. The Morgan fingerprint density at radius 1 is 0.492 bits per heavy atom. The molecule has 4 aliphatic carbocycles. The first-order valence-corrected chi connectivity index (χ1v) is 24.3. The molecule has 0 aromatic heterocycles. The smallest absolute Gasteiger partial charge is 0.165 e. The van der Waals surface area contributed by atoms with Crippen LogP contribution in [0.3, 0.4) is 0 Å². The van der Waals surface area contributed by atoms with Crippen LogP contribution < -0.4 is 4.89 Å². The average molecular weight is 793 g/mol. The second-order valence-corrected chi connectivity index (χ2v) is 21.2. The fourth-order valence-corrected chi connectivity index (χ4v) is 12.7. The van der Waals surface area contributed by atoms with Gasteiger partial charge in [-0.1, -0.05) is 166 Å². The van der Waals surface area contributed by atoms with Crippen molar-refractivity contribution in [1.29, 1.82) is 0 Å². The standard InChI is InChI=1S/C57H76O2/c1-7-9-11-13-41-15-24-46(25-16-41)48-28-19-43(20-29-48)35-45-23-33-51-53(36-45)57(39-55(51,3)4)40-56(5,6)52-34-32-50(37-54(52)57)59-58-38-44-21-30-49(31-22-44)47-26-17-42(18-27-47)14-12-10-8-2/h19-23,28-34,36-37,41-42,46-47H,7-18,24-27,35,38-40H2,1-6H3. The van der Waals surface area contributed by atoms with Crippen molar-refractivity contribution in [3.63, 3.8) is 0 Å². The number of benzene rings is 4. The second kappa shape index (κ2) is 18.3. The molecule has 4 aromatic rings. The van der Waals surface area contributed by atoms with Crippen LogP contribution in [0.1, 0.15) is 219 Å². The van der Waals surface area contributed by atoms with Crippen LogP contribution in [0, 0.1) is 11.8 Å². The Bertz CT molecular complexity index is 1960. The van der Waals surface area contributed by atoms with E-state index in [2.05, 4.69) is 126 Å². The molecule has 0 amide bonds. The number of hydrogen-bond donors (Lipinski definition) is 0. The van der Waals surface area contributed by atoms with Crippen LogP contribution in [0.4, 0.5) is 0 Å². The van der Waals surface area contributed by atoms with Crippen LogP contribution in [-0.4, -0.2) is 0 Å². The summed E-state index contributed by atoms with van der Waals surface area (Å²) in [5.74, 6) is 4.16. The van der Waals surface area contributed by atoms with Crippen molar-refractivity contribution in [2.75, 3.05) is 0 Å². The summed E-state index contributed by atoms with van der Waals surface area (Å²) in [5, 5.41) is 0. The zero-order chi connectivity index (χ0) is 41.0. The van der Waals surface area contributed by atoms with Crippen molar-refractivity contribution >= 4 is 0 Å². The number of unbranched alkanes of at least 4 members (excludes halogenated alkanes) is 4. The van der Waals surface area contributed by atoms with Crippen LogP contribution in [-0.2, 0) is 34.2 Å². The molecule has 59 heavy (non-hydrogen) atoms. The lowest BCUT2D eigenvalue weighted by atomic mass is 9.72. The molecule has 4 aromatic carbocycles. The third kappa shape index (κ3) is 9.44. The summed E-state index contributed by atoms with van der Waals surface area (Å²) in [6, 6.07) is 33.1. The Kier molecular flexibility index (Phi) is 13.1. The van der Waals surface area contributed by atoms with Gasteiger partial charge in [0.15, 0.2) is 5.75 Å². The molecule has 2 fully saturated rings. The molecule has 2 heteroatoms. The molecule has 0 N–H and O–H groups in total. The van der Waals surface area contributed by atoms with E-state index in [1.807, 2.05) is 0 Å². The maximum absolute atomic E-state index is 6.13. The zero-order valence-corrected chi connectivity index (χ0v) is 37.9. The Labute approximate surface area is 359 Å². The van der Waals surface area contributed by atoms with E-state index in [4.69, 9.17) is 9.78 Å². The highest BCUT2D eigenvalue weighted by Gasteiger charge is 2.56. The molecule has 2 saturated carbocycles. The van der Waals surface area contributed by atoms with E-state index in [1.54, 1.807) is 5.56 Å². The van der Waals surface area contributed by atoms with Crippen molar-refractivity contribution in [2.45, 2.75) is 198 Å². The summed E-state index contributed by atoms with van der Waals surface area (Å²) in [4.78, 5) is 12.1. The van der Waals surface area contributed by atoms with E-state index < -0.39 is 0 Å². The van der Waals surface area contributed by atoms with E-state index in [9.17, 15) is 0 Å². The molecule has 1 atom stereocenters. The first kappa shape index (κ1) is 42.3. The Balaban J connectivity index is 0.919. The monoisotopic (exact) mass is 793 g/mol. The first-order chi connectivity index (χ1) is 28.6. The van der Waals surface area contributed by atoms with Crippen LogP contribution in [0.2, 0.25) is 0 Å². The number of fused-ring (bicyclic) bond motifs is 4. The first-order valence-electron chi connectivity index (χ1n) is 24.3. The summed E-state index contributed by atoms with van der Waals surface area (Å²) in [5.41, 5.74) is 13.1. The molecule has 0 bridgehead atoms. The summed E-state index contributed by atoms with van der Waals surface area (Å²) >= 11 is 0. The van der Waals surface area contributed by atoms with Gasteiger partial charge < -0.3 is 4.89 Å². The minimum atomic E-state index is -0.0449. The molecule has 316 valence electrons. The highest BCUT2D eigenvalue weighted by atomic mass is 17.2. The van der Waals surface area contributed by atoms with Crippen molar-refractivity contribution in [2.24, 2.45) is 11.8 Å². The molecule has 0 aliphatic heterocycles. The lowest BCUT2D eigenvalue weighted by Gasteiger charge is -2.31. The fraction of sp³-hybridized carbons (Fsp3) is 0.579. The second-order valence-electron chi connectivity index (χ2n) is 21.2. The number of rotatable bonds is 16. The maximum Gasteiger partial charge on any atom is 0.165 e. The molecule has 0 radical (unpaired) electrons. The number of hydrogen-bond acceptors (Lipinski definition) is 2. The molecule has 0 saturated heterocycles. The van der Waals surface area contributed by atoms with Gasteiger partial charge in [-0.15, -0.1) is 0 Å². The van der Waals surface area contributed by atoms with Crippen LogP contribution in [0.25, 0.3) is 0 Å². The van der Waals surface area contributed by atoms with Gasteiger partial charge in [-0.05, 0) is 167 Å². The van der Waals surface area contributed by atoms with Gasteiger partial charge in [0.1, 0.15) is 6.61 Å². The van der Waals surface area contributed by atoms with E-state index in [-0.39, 0.29) is 16.2 Å². The molecular weight excluding hydrogens is 717 g/mol. The van der Waals surface area contributed by atoms with Gasteiger partial charge in [-0.2, -0.15) is 4.89 Å². The highest BCUT2D eigenvalue weighted by molar-refractivity contribution is 5.61. The van der Waals surface area contributed by atoms with Gasteiger partial charge in [-0.25, -0.2) is 0 Å². The van der Waals surface area contributed by atoms with E-state index in [1.165, 1.54) is 142 Å². The van der Waals surface area contributed by atoms with Crippen molar-refractivity contribution < 1.29 is 9.78 Å². The summed E-state index contributed by atoms with van der Waals surface area (Å²) < 4.78 is 0. The van der Waals surface area contributed by atoms with E-state index >= 15 is 0 Å². The van der Waals surface area contributed by atoms with Gasteiger partial charge in [-0.3, -0.25) is 0 Å². The van der Waals surface area contributed by atoms with Gasteiger partial charge >= 0.3 is 0 Å². The van der Waals surface area contributed by atoms with E-state index in [0.717, 1.165) is 48.3 Å². The molecule has 0 heterocycles. The molecule has 8 rings (SSSR count). The summed E-state index contributed by atoms with van der Waals surface area (Å²) in [6.45, 7) is 14.9. The van der Waals surface area contributed by atoms with Crippen molar-refractivity contribution in [3.8, 4) is 5.75 Å². The quantitative estimate of drug-likeness (QED) is 0.0639. The van der Waals surface area contributed by atoms with Gasteiger partial charge in [0.2, 0.25) is 0 Å². The zero-order valence-electron chi connectivity index (χ0n) is 37.9. The van der Waals surface area contributed by atoms with E-state index in [0.29, 0.717) is 12.5 Å². The Morgan fingerprint density at radius 3 is 1.49 bits per heavy atom. The summed E-state index contributed by atoms with van der Waals surface area (Å²) in [7, 11) is 0. The largest absolute Gasteiger partial charge is 0.337 e. The molecular formula is C57H76O2. The van der Waals surface area contributed by atoms with Gasteiger partial charge in [0.25, 0.3) is 0 Å². The predicted molar refractivity (Wildman–Crippen MR) is 248 cm³/mol. The van der Waals surface area contributed by atoms with Crippen LogP contribution in [0.5, 0.6) is 5.75 Å².